The fourth-order valence-electron chi connectivity index (χ4n) is 4.62. The highest BCUT2D eigenvalue weighted by Crippen LogP contribution is 2.37. The van der Waals surface area contributed by atoms with E-state index >= 15 is 0 Å². The van der Waals surface area contributed by atoms with Crippen LogP contribution in [0.15, 0.2) is 6.07 Å². The highest BCUT2D eigenvalue weighted by molar-refractivity contribution is 6.03. The number of hydrogen-bond acceptors (Lipinski definition) is 6. The van der Waals surface area contributed by atoms with Crippen molar-refractivity contribution in [1.82, 2.24) is 19.7 Å². The number of aryl methyl sites for hydroxylation is 2. The normalized spacial score (nSPS) is 23.1. The molecule has 2 aromatic rings. The van der Waals surface area contributed by atoms with Crippen LogP contribution in [0.5, 0.6) is 0 Å². The molecule has 1 aliphatic carbocycles. The second-order valence-corrected chi connectivity index (χ2v) is 9.15. The van der Waals surface area contributed by atoms with Crippen LogP contribution in [-0.2, 0) is 17.5 Å². The number of nitrogens with zero attached hydrogens (tertiary/aromatic N) is 5. The van der Waals surface area contributed by atoms with Gasteiger partial charge in [-0.25, -0.2) is 4.98 Å². The molecule has 11 heteroatoms. The summed E-state index contributed by atoms with van der Waals surface area (Å²) in [4.78, 5) is 23.4. The Labute approximate surface area is 184 Å². The summed E-state index contributed by atoms with van der Waals surface area (Å²) in [5, 5.41) is 10.2. The Morgan fingerprint density at radius 3 is 2.56 bits per heavy atom. The number of likely N-dealkylation sites (N-methyl/N-ethyl adjacent to an activating group) is 1. The van der Waals surface area contributed by atoms with Gasteiger partial charge in [0, 0.05) is 19.6 Å². The SMILES string of the molecule is Cc1cc(C(F)(F)F)n(CC2CC(Nc3nc(C)c4c(n3)N(C)[C@@H](C(C)C)C(=O)N4)C2)n1. The molecule has 32 heavy (non-hydrogen) atoms. The third-order valence-corrected chi connectivity index (χ3v) is 6.16. The van der Waals surface area contributed by atoms with E-state index in [-0.39, 0.29) is 36.4 Å². The average molecular weight is 451 g/mol. The topological polar surface area (TPSA) is 88.0 Å². The lowest BCUT2D eigenvalue weighted by Gasteiger charge is -2.38. The number of halogens is 3. The van der Waals surface area contributed by atoms with Crippen molar-refractivity contribution in [3.63, 3.8) is 0 Å². The first-order valence-corrected chi connectivity index (χ1v) is 10.7. The fraction of sp³-hybridized carbons (Fsp3) is 0.619. The molecule has 0 spiro atoms. The van der Waals surface area contributed by atoms with Gasteiger partial charge in [0.1, 0.15) is 17.4 Å². The van der Waals surface area contributed by atoms with E-state index in [9.17, 15) is 18.0 Å². The Hall–Kier alpha value is -2.85. The number of anilines is 3. The number of rotatable bonds is 5. The molecule has 3 heterocycles. The van der Waals surface area contributed by atoms with Gasteiger partial charge in [0.05, 0.1) is 11.4 Å². The number of hydrogen-bond donors (Lipinski definition) is 2. The Balaban J connectivity index is 1.42. The summed E-state index contributed by atoms with van der Waals surface area (Å²) < 4.78 is 40.6. The quantitative estimate of drug-likeness (QED) is 0.722. The largest absolute Gasteiger partial charge is 0.433 e. The van der Waals surface area contributed by atoms with Crippen molar-refractivity contribution in [2.45, 2.75) is 65.3 Å². The van der Waals surface area contributed by atoms with Crippen LogP contribution in [0.3, 0.4) is 0 Å². The minimum atomic E-state index is -4.41. The lowest BCUT2D eigenvalue weighted by atomic mass is 9.80. The van der Waals surface area contributed by atoms with E-state index < -0.39 is 11.9 Å². The third-order valence-electron chi connectivity index (χ3n) is 6.16. The maximum absolute atomic E-state index is 13.2. The molecule has 2 aromatic heterocycles. The van der Waals surface area contributed by atoms with Gasteiger partial charge in [-0.3, -0.25) is 9.48 Å². The zero-order valence-electron chi connectivity index (χ0n) is 18.8. The second kappa shape index (κ2) is 7.93. The summed E-state index contributed by atoms with van der Waals surface area (Å²) in [6, 6.07) is 0.837. The summed E-state index contributed by atoms with van der Waals surface area (Å²) in [6.07, 6.45) is -3.00. The number of nitrogens with one attached hydrogen (secondary N) is 2. The first-order valence-electron chi connectivity index (χ1n) is 10.7. The van der Waals surface area contributed by atoms with Crippen LogP contribution < -0.4 is 15.5 Å². The lowest BCUT2D eigenvalue weighted by Crippen LogP contribution is -2.50. The number of carbonyl (C=O) groups is 1. The molecule has 1 amide bonds. The molecule has 0 saturated heterocycles. The Morgan fingerprint density at radius 2 is 1.94 bits per heavy atom. The van der Waals surface area contributed by atoms with E-state index in [0.717, 1.165) is 10.7 Å². The predicted octanol–water partition coefficient (Wildman–Crippen LogP) is 3.61. The van der Waals surface area contributed by atoms with Crippen LogP contribution in [0.2, 0.25) is 0 Å². The third kappa shape index (κ3) is 4.12. The van der Waals surface area contributed by atoms with Gasteiger partial charge in [0.15, 0.2) is 5.82 Å². The maximum atomic E-state index is 13.2. The highest BCUT2D eigenvalue weighted by Gasteiger charge is 2.38. The molecule has 0 aromatic carbocycles. The van der Waals surface area contributed by atoms with Crippen LogP contribution in [0.1, 0.15) is 43.8 Å². The molecule has 8 nitrogen and oxygen atoms in total. The molecular formula is C21H28F3N7O. The molecule has 1 fully saturated rings. The molecule has 0 unspecified atom stereocenters. The van der Waals surface area contributed by atoms with Gasteiger partial charge in [0.2, 0.25) is 11.9 Å². The van der Waals surface area contributed by atoms with Crippen LogP contribution in [0, 0.1) is 25.7 Å². The molecule has 1 atom stereocenters. The van der Waals surface area contributed by atoms with E-state index in [4.69, 9.17) is 0 Å². The number of carbonyl (C=O) groups excluding carboxylic acids is 1. The van der Waals surface area contributed by atoms with E-state index in [1.807, 2.05) is 32.7 Å². The van der Waals surface area contributed by atoms with Crippen molar-refractivity contribution in [1.29, 1.82) is 0 Å². The van der Waals surface area contributed by atoms with Crippen molar-refractivity contribution in [3.05, 3.63) is 23.1 Å². The van der Waals surface area contributed by atoms with Crippen molar-refractivity contribution < 1.29 is 18.0 Å². The summed E-state index contributed by atoms with van der Waals surface area (Å²) in [5.41, 5.74) is 0.933. The summed E-state index contributed by atoms with van der Waals surface area (Å²) in [5.74, 6) is 1.26. The zero-order valence-corrected chi connectivity index (χ0v) is 18.8. The van der Waals surface area contributed by atoms with Crippen molar-refractivity contribution in [2.75, 3.05) is 22.6 Å². The summed E-state index contributed by atoms with van der Waals surface area (Å²) in [7, 11) is 1.85. The van der Waals surface area contributed by atoms with Gasteiger partial charge in [-0.15, -0.1) is 0 Å². The fourth-order valence-corrected chi connectivity index (χ4v) is 4.62. The van der Waals surface area contributed by atoms with Gasteiger partial charge >= 0.3 is 6.18 Å². The lowest BCUT2D eigenvalue weighted by molar-refractivity contribution is -0.144. The standard InChI is InChI=1S/C21H28F3N7O/c1-10(2)17-19(32)27-16-12(4)25-20(28-18(16)30(17)5)26-14-7-13(8-14)9-31-15(21(22,23)24)6-11(3)29-31/h6,10,13-14,17H,7-9H2,1-5H3,(H,27,32)(H,25,26,28)/t13?,14?,17-/m0/s1. The van der Waals surface area contributed by atoms with Crippen LogP contribution >= 0.6 is 0 Å². The Bertz CT molecular complexity index is 1030. The number of aromatic nitrogens is 4. The van der Waals surface area contributed by atoms with Crippen molar-refractivity contribution in [2.24, 2.45) is 11.8 Å². The summed E-state index contributed by atoms with van der Waals surface area (Å²) in [6.45, 7) is 7.58. The van der Waals surface area contributed by atoms with Crippen molar-refractivity contribution in [3.8, 4) is 0 Å². The molecule has 2 aliphatic rings. The van der Waals surface area contributed by atoms with Gasteiger partial charge < -0.3 is 15.5 Å². The maximum Gasteiger partial charge on any atom is 0.433 e. The molecule has 2 N–H and O–H groups in total. The molecule has 1 aliphatic heterocycles. The molecule has 174 valence electrons. The first kappa shape index (κ1) is 22.3. The van der Waals surface area contributed by atoms with Gasteiger partial charge in [-0.05, 0) is 44.6 Å². The Kier molecular flexibility index (Phi) is 5.54. The number of alkyl halides is 3. The molecule has 0 bridgehead atoms. The molecular weight excluding hydrogens is 423 g/mol. The van der Waals surface area contributed by atoms with Gasteiger partial charge in [-0.1, -0.05) is 13.8 Å². The zero-order chi connectivity index (χ0) is 23.4. The van der Waals surface area contributed by atoms with Gasteiger partial charge in [0.25, 0.3) is 0 Å². The number of amides is 1. The van der Waals surface area contributed by atoms with Crippen molar-refractivity contribution >= 4 is 23.4 Å². The highest BCUT2D eigenvalue weighted by atomic mass is 19.4. The monoisotopic (exact) mass is 451 g/mol. The van der Waals surface area contributed by atoms with Crippen LogP contribution in [0.4, 0.5) is 30.6 Å². The minimum absolute atomic E-state index is 0.0728. The van der Waals surface area contributed by atoms with E-state index in [1.165, 1.54) is 0 Å². The smallest absolute Gasteiger partial charge is 0.351 e. The first-order chi connectivity index (χ1) is 14.9. The van der Waals surface area contributed by atoms with E-state index in [1.54, 1.807) is 6.92 Å². The molecule has 1 saturated carbocycles. The van der Waals surface area contributed by atoms with E-state index in [2.05, 4.69) is 25.7 Å². The molecule has 0 radical (unpaired) electrons. The second-order valence-electron chi connectivity index (χ2n) is 9.15. The van der Waals surface area contributed by atoms with E-state index in [0.29, 0.717) is 41.7 Å². The minimum Gasteiger partial charge on any atom is -0.351 e. The summed E-state index contributed by atoms with van der Waals surface area (Å²) >= 11 is 0. The van der Waals surface area contributed by atoms with Crippen LogP contribution in [-0.4, -0.2) is 44.8 Å². The Morgan fingerprint density at radius 1 is 1.25 bits per heavy atom. The van der Waals surface area contributed by atoms with Crippen LogP contribution in [0.25, 0.3) is 0 Å². The predicted molar refractivity (Wildman–Crippen MR) is 115 cm³/mol. The number of fused-ring (bicyclic) bond motifs is 1. The molecule has 4 rings (SSSR count). The average Bonchev–Trinajstić information content (AvgIpc) is 3.01. The van der Waals surface area contributed by atoms with Gasteiger partial charge in [-0.2, -0.15) is 23.3 Å².